The van der Waals surface area contributed by atoms with E-state index in [-0.39, 0.29) is 49.0 Å². The number of benzene rings is 3. The third-order valence-electron chi connectivity index (χ3n) is 7.94. The molecular formula is C34H38ClFN4O4. The summed E-state index contributed by atoms with van der Waals surface area (Å²) in [6, 6.07) is 15.2. The van der Waals surface area contributed by atoms with Crippen molar-refractivity contribution >= 4 is 40.8 Å². The molecule has 3 aromatic carbocycles. The van der Waals surface area contributed by atoms with Crippen LogP contribution < -0.4 is 16.4 Å². The van der Waals surface area contributed by atoms with Gasteiger partial charge in [0.1, 0.15) is 17.9 Å². The zero-order valence-electron chi connectivity index (χ0n) is 25.0. The Balaban J connectivity index is 1.50. The van der Waals surface area contributed by atoms with Crippen molar-refractivity contribution in [1.82, 2.24) is 10.2 Å². The lowest BCUT2D eigenvalue weighted by Gasteiger charge is -2.37. The number of rotatable bonds is 12. The van der Waals surface area contributed by atoms with Gasteiger partial charge < -0.3 is 21.3 Å². The van der Waals surface area contributed by atoms with E-state index in [0.29, 0.717) is 42.1 Å². The lowest BCUT2D eigenvalue weighted by molar-refractivity contribution is -0.142. The van der Waals surface area contributed by atoms with Crippen LogP contribution in [0.4, 0.5) is 10.1 Å². The number of aryl methyl sites for hydroxylation is 2. The Labute approximate surface area is 262 Å². The van der Waals surface area contributed by atoms with Gasteiger partial charge in [0.2, 0.25) is 17.7 Å². The highest BCUT2D eigenvalue weighted by Crippen LogP contribution is 2.26. The summed E-state index contributed by atoms with van der Waals surface area (Å²) in [5, 5.41) is 6.33. The summed E-state index contributed by atoms with van der Waals surface area (Å²) in [5.74, 6) is -2.06. The van der Waals surface area contributed by atoms with E-state index in [1.807, 2.05) is 31.2 Å². The largest absolute Gasteiger partial charge is 0.342 e. The number of amides is 3. The maximum atomic E-state index is 14.0. The molecule has 0 bridgehead atoms. The molecule has 44 heavy (non-hydrogen) atoms. The molecule has 0 saturated carbocycles. The van der Waals surface area contributed by atoms with E-state index in [9.17, 15) is 23.6 Å². The average Bonchev–Trinajstić information content (AvgIpc) is 3.01. The van der Waals surface area contributed by atoms with E-state index in [1.54, 1.807) is 31.2 Å². The van der Waals surface area contributed by atoms with E-state index in [1.165, 1.54) is 17.0 Å². The first-order valence-corrected chi connectivity index (χ1v) is 15.2. The summed E-state index contributed by atoms with van der Waals surface area (Å²) in [7, 11) is 0. The Morgan fingerprint density at radius 1 is 0.977 bits per heavy atom. The lowest BCUT2D eigenvalue weighted by atomic mass is 9.92. The van der Waals surface area contributed by atoms with Crippen LogP contribution in [0.5, 0.6) is 0 Å². The number of carbonyl (C=O) groups excluding carboxylic acids is 4. The normalized spacial score (nSPS) is 14.8. The lowest BCUT2D eigenvalue weighted by Crippen LogP contribution is -2.56. The number of carbonyl (C=O) groups is 4. The first-order chi connectivity index (χ1) is 21.1. The molecule has 0 unspecified atom stereocenters. The maximum Gasteiger partial charge on any atom is 0.246 e. The zero-order valence-corrected chi connectivity index (χ0v) is 25.8. The molecule has 10 heteroatoms. The number of nitrogens with one attached hydrogen (secondary N) is 2. The van der Waals surface area contributed by atoms with Gasteiger partial charge in [-0.05, 0) is 86.2 Å². The molecule has 1 aliphatic heterocycles. The minimum absolute atomic E-state index is 0.127. The van der Waals surface area contributed by atoms with Crippen LogP contribution >= 0.6 is 11.6 Å². The third-order valence-corrected chi connectivity index (χ3v) is 8.36. The highest BCUT2D eigenvalue weighted by atomic mass is 35.5. The number of nitrogens with two attached hydrogens (primary N) is 1. The molecule has 232 valence electrons. The second kappa shape index (κ2) is 15.1. The summed E-state index contributed by atoms with van der Waals surface area (Å²) in [4.78, 5) is 54.9. The topological polar surface area (TPSA) is 122 Å². The molecule has 4 rings (SSSR count). The van der Waals surface area contributed by atoms with Crippen LogP contribution in [-0.2, 0) is 27.3 Å². The van der Waals surface area contributed by atoms with Crippen molar-refractivity contribution in [3.05, 3.63) is 99.3 Å². The van der Waals surface area contributed by atoms with E-state index >= 15 is 0 Å². The number of fused-ring (bicyclic) bond motifs is 1. The molecule has 2 atom stereocenters. The van der Waals surface area contributed by atoms with Crippen molar-refractivity contribution in [2.45, 2.75) is 71.0 Å². The summed E-state index contributed by atoms with van der Waals surface area (Å²) < 4.78 is 14.0. The smallest absolute Gasteiger partial charge is 0.246 e. The van der Waals surface area contributed by atoms with Crippen LogP contribution in [0.3, 0.4) is 0 Å². The molecule has 0 spiro atoms. The number of unbranched alkanes of at least 4 members (excludes halogenated alkanes) is 1. The average molecular weight is 621 g/mol. The summed E-state index contributed by atoms with van der Waals surface area (Å²) in [5.41, 5.74) is 9.49. The summed E-state index contributed by atoms with van der Waals surface area (Å²) >= 11 is 6.13. The first-order valence-electron chi connectivity index (χ1n) is 14.8. The van der Waals surface area contributed by atoms with Gasteiger partial charge in [-0.3, -0.25) is 19.2 Å². The fraction of sp³-hybridized carbons (Fsp3) is 0.353. The molecule has 1 heterocycles. The van der Waals surface area contributed by atoms with Gasteiger partial charge in [-0.25, -0.2) is 4.39 Å². The van der Waals surface area contributed by atoms with Crippen molar-refractivity contribution in [3.63, 3.8) is 0 Å². The Hall–Kier alpha value is -4.08. The van der Waals surface area contributed by atoms with E-state index in [0.717, 1.165) is 16.7 Å². The van der Waals surface area contributed by atoms with Gasteiger partial charge >= 0.3 is 0 Å². The minimum atomic E-state index is -0.882. The van der Waals surface area contributed by atoms with Gasteiger partial charge in [0, 0.05) is 42.1 Å². The molecule has 8 nitrogen and oxygen atoms in total. The molecule has 0 aromatic heterocycles. The van der Waals surface area contributed by atoms with Gasteiger partial charge in [0.05, 0.1) is 0 Å². The standard InChI is InChI=1S/C34H38ClFN4O4/c1-21-10-11-24(18-28(21)36)31(41)14-15-32(42)40-20-25-8-4-3-7-23(25)19-30(40)34(44)39-29(9-5-6-16-37)33(43)38-26-12-13-27(35)22(2)17-26/h3-4,7-8,10-13,17-18,29-30H,5-6,9,14-16,19-20,37H2,1-2H3,(H,38,43)(H,39,44)/t29-,30-/m0/s1. The molecule has 0 saturated heterocycles. The molecule has 0 aliphatic carbocycles. The van der Waals surface area contributed by atoms with Gasteiger partial charge in [-0.1, -0.05) is 48.0 Å². The van der Waals surface area contributed by atoms with Gasteiger partial charge in [0.15, 0.2) is 5.78 Å². The van der Waals surface area contributed by atoms with Gasteiger partial charge in [0.25, 0.3) is 0 Å². The monoisotopic (exact) mass is 620 g/mol. The van der Waals surface area contributed by atoms with Gasteiger partial charge in [-0.2, -0.15) is 0 Å². The number of halogens is 2. The summed E-state index contributed by atoms with van der Waals surface area (Å²) in [6.07, 6.45) is 1.65. The number of nitrogens with zero attached hydrogens (tertiary/aromatic N) is 1. The predicted octanol–water partition coefficient (Wildman–Crippen LogP) is 5.26. The highest BCUT2D eigenvalue weighted by molar-refractivity contribution is 6.31. The molecule has 3 amide bonds. The minimum Gasteiger partial charge on any atom is -0.342 e. The predicted molar refractivity (Wildman–Crippen MR) is 169 cm³/mol. The fourth-order valence-corrected chi connectivity index (χ4v) is 5.39. The maximum absolute atomic E-state index is 14.0. The van der Waals surface area contributed by atoms with Crippen molar-refractivity contribution in [2.75, 3.05) is 11.9 Å². The van der Waals surface area contributed by atoms with Crippen molar-refractivity contribution in [3.8, 4) is 0 Å². The van der Waals surface area contributed by atoms with E-state index in [2.05, 4.69) is 10.6 Å². The fourth-order valence-electron chi connectivity index (χ4n) is 5.28. The quantitative estimate of drug-likeness (QED) is 0.188. The van der Waals surface area contributed by atoms with Crippen LogP contribution in [0.1, 0.15) is 64.7 Å². The third kappa shape index (κ3) is 8.30. The molecule has 0 radical (unpaired) electrons. The van der Waals surface area contributed by atoms with Crippen LogP contribution in [0.2, 0.25) is 5.02 Å². The van der Waals surface area contributed by atoms with E-state index < -0.39 is 23.8 Å². The molecule has 4 N–H and O–H groups in total. The summed E-state index contributed by atoms with van der Waals surface area (Å²) in [6.45, 7) is 4.08. The van der Waals surface area contributed by atoms with Crippen LogP contribution in [0, 0.1) is 19.7 Å². The second-order valence-electron chi connectivity index (χ2n) is 11.2. The number of hydrogen-bond donors (Lipinski definition) is 3. The van der Waals surface area contributed by atoms with Crippen molar-refractivity contribution in [1.29, 1.82) is 0 Å². The Morgan fingerprint density at radius 3 is 2.43 bits per heavy atom. The first kappa shape index (κ1) is 32.8. The number of ketones is 1. The second-order valence-corrected chi connectivity index (χ2v) is 11.6. The Morgan fingerprint density at radius 2 is 1.73 bits per heavy atom. The Kier molecular flexibility index (Phi) is 11.3. The zero-order chi connectivity index (χ0) is 31.8. The molecule has 1 aliphatic rings. The van der Waals surface area contributed by atoms with Crippen LogP contribution in [-0.4, -0.2) is 47.0 Å². The Bertz CT molecular complexity index is 1550. The SMILES string of the molecule is Cc1ccc(C(=O)CCC(=O)N2Cc3ccccc3C[C@H]2C(=O)N[C@@H](CCCCN)C(=O)Nc2ccc(Cl)c(C)c2)cc1F. The van der Waals surface area contributed by atoms with Gasteiger partial charge in [-0.15, -0.1) is 0 Å². The number of Topliss-reactive ketones (excluding diaryl/α,β-unsaturated/α-hetero) is 1. The van der Waals surface area contributed by atoms with Crippen molar-refractivity contribution < 1.29 is 23.6 Å². The van der Waals surface area contributed by atoms with E-state index in [4.69, 9.17) is 17.3 Å². The molecular weight excluding hydrogens is 583 g/mol. The van der Waals surface area contributed by atoms with Crippen molar-refractivity contribution in [2.24, 2.45) is 5.73 Å². The number of hydrogen-bond acceptors (Lipinski definition) is 5. The highest BCUT2D eigenvalue weighted by Gasteiger charge is 2.36. The molecule has 0 fully saturated rings. The molecule has 3 aromatic rings. The van der Waals surface area contributed by atoms with Crippen LogP contribution in [0.25, 0.3) is 0 Å². The van der Waals surface area contributed by atoms with Crippen LogP contribution in [0.15, 0.2) is 60.7 Å². The number of anilines is 1.